The van der Waals surface area contributed by atoms with Crippen LogP contribution < -0.4 is 0 Å². The highest BCUT2D eigenvalue weighted by Crippen LogP contribution is 2.22. The maximum Gasteiger partial charge on any atom is 0.239 e. The van der Waals surface area contributed by atoms with Crippen molar-refractivity contribution in [3.8, 4) is 0 Å². The summed E-state index contributed by atoms with van der Waals surface area (Å²) in [7, 11) is 1.78. The number of hydrogen-bond acceptors (Lipinski definition) is 3. The summed E-state index contributed by atoms with van der Waals surface area (Å²) in [5.41, 5.74) is 0.384. The van der Waals surface area contributed by atoms with E-state index in [1.54, 1.807) is 25.8 Å². The minimum atomic E-state index is -0.854. The highest BCUT2D eigenvalue weighted by molar-refractivity contribution is 5.82. The SMILES string of the molecule is CN(CC(C)(C)O)C(=O)C1CCCN1Cc1ccccc1. The molecule has 2 rings (SSSR count). The van der Waals surface area contributed by atoms with Gasteiger partial charge in [-0.25, -0.2) is 0 Å². The predicted molar refractivity (Wildman–Crippen MR) is 83.8 cm³/mol. The quantitative estimate of drug-likeness (QED) is 0.900. The van der Waals surface area contributed by atoms with Crippen molar-refractivity contribution >= 4 is 5.91 Å². The van der Waals surface area contributed by atoms with Crippen LogP contribution in [-0.4, -0.2) is 52.6 Å². The fourth-order valence-electron chi connectivity index (χ4n) is 3.03. The normalized spacial score (nSPS) is 19.7. The second-order valence-corrected chi connectivity index (χ2v) is 6.62. The summed E-state index contributed by atoms with van der Waals surface area (Å²) >= 11 is 0. The van der Waals surface area contributed by atoms with Crippen LogP contribution >= 0.6 is 0 Å². The molecule has 0 aromatic heterocycles. The van der Waals surface area contributed by atoms with Gasteiger partial charge in [0.25, 0.3) is 0 Å². The number of amides is 1. The molecule has 1 fully saturated rings. The van der Waals surface area contributed by atoms with Gasteiger partial charge in [0.15, 0.2) is 0 Å². The lowest BCUT2D eigenvalue weighted by molar-refractivity contribution is -0.137. The number of carbonyl (C=O) groups excluding carboxylic acids is 1. The van der Waals surface area contributed by atoms with E-state index < -0.39 is 5.60 Å². The Balaban J connectivity index is 1.99. The number of hydrogen-bond donors (Lipinski definition) is 1. The van der Waals surface area contributed by atoms with Gasteiger partial charge in [-0.3, -0.25) is 9.69 Å². The van der Waals surface area contributed by atoms with E-state index in [2.05, 4.69) is 17.0 Å². The molecule has 1 aliphatic heterocycles. The third-order valence-corrected chi connectivity index (χ3v) is 3.88. The van der Waals surface area contributed by atoms with Crippen LogP contribution in [0.25, 0.3) is 0 Å². The minimum Gasteiger partial charge on any atom is -0.389 e. The van der Waals surface area contributed by atoms with Crippen molar-refractivity contribution in [2.75, 3.05) is 20.1 Å². The molecule has 4 nitrogen and oxygen atoms in total. The van der Waals surface area contributed by atoms with Crippen LogP contribution in [0.15, 0.2) is 30.3 Å². The summed E-state index contributed by atoms with van der Waals surface area (Å²) in [5, 5.41) is 9.87. The Morgan fingerprint density at radius 3 is 2.67 bits per heavy atom. The van der Waals surface area contributed by atoms with Crippen molar-refractivity contribution in [1.82, 2.24) is 9.80 Å². The standard InChI is InChI=1S/C17H26N2O2/c1-17(2,21)13-18(3)16(20)15-10-7-11-19(15)12-14-8-5-4-6-9-14/h4-6,8-9,15,21H,7,10-13H2,1-3H3. The molecule has 1 aromatic rings. The predicted octanol–water partition coefficient (Wildman–Crippen LogP) is 1.88. The van der Waals surface area contributed by atoms with Crippen LogP contribution in [0.5, 0.6) is 0 Å². The molecule has 1 atom stereocenters. The number of benzene rings is 1. The summed E-state index contributed by atoms with van der Waals surface area (Å²) in [5.74, 6) is 0.116. The van der Waals surface area contributed by atoms with E-state index >= 15 is 0 Å². The Labute approximate surface area is 127 Å². The number of carbonyl (C=O) groups is 1. The Hall–Kier alpha value is -1.39. The van der Waals surface area contributed by atoms with Crippen LogP contribution in [0, 0.1) is 0 Å². The number of likely N-dealkylation sites (tertiary alicyclic amines) is 1. The summed E-state index contributed by atoms with van der Waals surface area (Å²) in [6.07, 6.45) is 1.96. The lowest BCUT2D eigenvalue weighted by Gasteiger charge is -2.31. The average molecular weight is 290 g/mol. The first kappa shape index (κ1) is 16.0. The Morgan fingerprint density at radius 2 is 2.05 bits per heavy atom. The third-order valence-electron chi connectivity index (χ3n) is 3.88. The van der Waals surface area contributed by atoms with Gasteiger partial charge >= 0.3 is 0 Å². The van der Waals surface area contributed by atoms with E-state index in [1.165, 1.54) is 5.56 Å². The molecule has 1 aliphatic rings. The molecule has 1 N–H and O–H groups in total. The highest BCUT2D eigenvalue weighted by atomic mass is 16.3. The van der Waals surface area contributed by atoms with Gasteiger partial charge in [-0.1, -0.05) is 30.3 Å². The summed E-state index contributed by atoms with van der Waals surface area (Å²) < 4.78 is 0. The monoisotopic (exact) mass is 290 g/mol. The number of likely N-dealkylation sites (N-methyl/N-ethyl adjacent to an activating group) is 1. The van der Waals surface area contributed by atoms with Gasteiger partial charge in [-0.2, -0.15) is 0 Å². The van der Waals surface area contributed by atoms with Crippen LogP contribution in [-0.2, 0) is 11.3 Å². The maximum absolute atomic E-state index is 12.6. The largest absolute Gasteiger partial charge is 0.389 e. The lowest BCUT2D eigenvalue weighted by Crippen LogP contribution is -2.48. The van der Waals surface area contributed by atoms with Crippen LogP contribution in [0.4, 0.5) is 0 Å². The molecule has 0 radical (unpaired) electrons. The van der Waals surface area contributed by atoms with Crippen LogP contribution in [0.2, 0.25) is 0 Å². The minimum absolute atomic E-state index is 0.0578. The van der Waals surface area contributed by atoms with Gasteiger partial charge in [0.1, 0.15) is 0 Å². The first-order valence-electron chi connectivity index (χ1n) is 7.62. The molecule has 0 bridgehead atoms. The number of aliphatic hydroxyl groups is 1. The zero-order valence-corrected chi connectivity index (χ0v) is 13.2. The van der Waals surface area contributed by atoms with Gasteiger partial charge < -0.3 is 10.0 Å². The molecule has 0 spiro atoms. The van der Waals surface area contributed by atoms with Gasteiger partial charge in [0.2, 0.25) is 5.91 Å². The van der Waals surface area contributed by atoms with Gasteiger partial charge in [-0.05, 0) is 38.8 Å². The zero-order chi connectivity index (χ0) is 15.5. The van der Waals surface area contributed by atoms with Gasteiger partial charge in [0, 0.05) is 20.1 Å². The molecule has 4 heteroatoms. The van der Waals surface area contributed by atoms with E-state index in [-0.39, 0.29) is 11.9 Å². The molecule has 1 saturated heterocycles. The third kappa shape index (κ3) is 4.55. The fraction of sp³-hybridized carbons (Fsp3) is 0.588. The van der Waals surface area contributed by atoms with Crippen molar-refractivity contribution in [3.63, 3.8) is 0 Å². The summed E-state index contributed by atoms with van der Waals surface area (Å²) in [6, 6.07) is 10.2. The van der Waals surface area contributed by atoms with Crippen molar-refractivity contribution in [3.05, 3.63) is 35.9 Å². The smallest absolute Gasteiger partial charge is 0.239 e. The molecule has 1 unspecified atom stereocenters. The average Bonchev–Trinajstić information content (AvgIpc) is 2.85. The summed E-state index contributed by atoms with van der Waals surface area (Å²) in [4.78, 5) is 16.5. The van der Waals surface area contributed by atoms with Gasteiger partial charge in [-0.15, -0.1) is 0 Å². The molecule has 0 aliphatic carbocycles. The molecule has 116 valence electrons. The molecule has 1 amide bonds. The van der Waals surface area contributed by atoms with E-state index in [9.17, 15) is 9.90 Å². The molecule has 0 saturated carbocycles. The Kier molecular flexibility index (Phi) is 5.01. The van der Waals surface area contributed by atoms with Crippen molar-refractivity contribution in [2.24, 2.45) is 0 Å². The summed E-state index contributed by atoms with van der Waals surface area (Å²) in [6.45, 7) is 5.59. The van der Waals surface area contributed by atoms with E-state index in [1.807, 2.05) is 18.2 Å². The molecular weight excluding hydrogens is 264 g/mol. The Bertz CT molecular complexity index is 467. The second kappa shape index (κ2) is 6.58. The van der Waals surface area contributed by atoms with E-state index in [0.29, 0.717) is 6.54 Å². The lowest BCUT2D eigenvalue weighted by atomic mass is 10.1. The molecule has 1 heterocycles. The first-order chi connectivity index (χ1) is 9.87. The van der Waals surface area contributed by atoms with Crippen molar-refractivity contribution in [2.45, 2.75) is 44.9 Å². The van der Waals surface area contributed by atoms with Crippen LogP contribution in [0.3, 0.4) is 0 Å². The topological polar surface area (TPSA) is 43.8 Å². The van der Waals surface area contributed by atoms with Crippen molar-refractivity contribution < 1.29 is 9.90 Å². The molecule has 1 aromatic carbocycles. The first-order valence-corrected chi connectivity index (χ1v) is 7.62. The maximum atomic E-state index is 12.6. The second-order valence-electron chi connectivity index (χ2n) is 6.62. The van der Waals surface area contributed by atoms with Crippen molar-refractivity contribution in [1.29, 1.82) is 0 Å². The molecular formula is C17H26N2O2. The van der Waals surface area contributed by atoms with E-state index in [4.69, 9.17) is 0 Å². The fourth-order valence-corrected chi connectivity index (χ4v) is 3.03. The highest BCUT2D eigenvalue weighted by Gasteiger charge is 2.33. The molecule has 21 heavy (non-hydrogen) atoms. The number of nitrogens with zero attached hydrogens (tertiary/aromatic N) is 2. The van der Waals surface area contributed by atoms with Gasteiger partial charge in [0.05, 0.1) is 11.6 Å². The van der Waals surface area contributed by atoms with Crippen LogP contribution in [0.1, 0.15) is 32.3 Å². The number of rotatable bonds is 5. The van der Waals surface area contributed by atoms with E-state index in [0.717, 1.165) is 25.9 Å². The zero-order valence-electron chi connectivity index (χ0n) is 13.2. The Morgan fingerprint density at radius 1 is 1.38 bits per heavy atom.